The van der Waals surface area contributed by atoms with Gasteiger partial charge in [0.25, 0.3) is 0 Å². The van der Waals surface area contributed by atoms with Crippen LogP contribution < -0.4 is 9.47 Å². The molecule has 0 spiro atoms. The van der Waals surface area contributed by atoms with Gasteiger partial charge in [-0.25, -0.2) is 0 Å². The quantitative estimate of drug-likeness (QED) is 0.260. The van der Waals surface area contributed by atoms with Crippen molar-refractivity contribution in [3.8, 4) is 11.5 Å². The molecule has 0 radical (unpaired) electrons. The van der Waals surface area contributed by atoms with Gasteiger partial charge in [-0.15, -0.1) is 0 Å². The maximum Gasteiger partial charge on any atom is 0.157 e. The molecule has 0 atom stereocenters. The fourth-order valence-electron chi connectivity index (χ4n) is 3.67. The van der Waals surface area contributed by atoms with E-state index in [1.807, 2.05) is 109 Å². The van der Waals surface area contributed by atoms with Crippen molar-refractivity contribution in [3.63, 3.8) is 0 Å². The minimum Gasteiger partial charge on any atom is -0.504 e. The van der Waals surface area contributed by atoms with Gasteiger partial charge in [-0.1, -0.05) is 98.8 Å². The molecule has 0 unspecified atom stereocenters. The molecule has 2 N–H and O–H groups in total. The lowest BCUT2D eigenvalue weighted by atomic mass is 9.78. The Morgan fingerprint density at radius 2 is 0.886 bits per heavy atom. The van der Waals surface area contributed by atoms with Crippen LogP contribution in [0.25, 0.3) is 11.5 Å². The minimum absolute atomic E-state index is 0.0734. The zero-order chi connectivity index (χ0) is 24.7. The molecule has 4 heteroatoms. The van der Waals surface area contributed by atoms with Gasteiger partial charge in [0, 0.05) is 16.5 Å². The summed E-state index contributed by atoms with van der Waals surface area (Å²) in [6.45, 7) is 4.31. The van der Waals surface area contributed by atoms with Crippen molar-refractivity contribution >= 4 is 11.5 Å². The Labute approximate surface area is 206 Å². The average Bonchev–Trinajstić information content (AvgIpc) is 2.92. The zero-order valence-electron chi connectivity index (χ0n) is 19.8. The van der Waals surface area contributed by atoms with Gasteiger partial charge in [-0.05, 0) is 35.4 Å². The summed E-state index contributed by atoms with van der Waals surface area (Å²) in [5.41, 5.74) is 3.39. The lowest BCUT2D eigenvalue weighted by molar-refractivity contribution is 0.438. The number of hydrogen-bond acceptors (Lipinski definition) is 4. The molecule has 0 amide bonds. The van der Waals surface area contributed by atoms with Crippen molar-refractivity contribution in [1.82, 2.24) is 0 Å². The first-order chi connectivity index (χ1) is 16.9. The summed E-state index contributed by atoms with van der Waals surface area (Å²) in [6, 6.07) is 34.2. The highest BCUT2D eigenvalue weighted by atomic mass is 16.5. The monoisotopic (exact) mass is 464 g/mol. The standard InChI is InChI=1S/C31H28O4/c1-31(2,25-13-17-27(18-14-25)34-21-29(32)23-9-5-3-6-10-23)26-15-19-28(20-16-26)35-22-30(33)24-11-7-4-8-12-24/h3-22,32-33H,1-2H3. The van der Waals surface area contributed by atoms with Crippen molar-refractivity contribution in [2.45, 2.75) is 19.3 Å². The van der Waals surface area contributed by atoms with E-state index in [0.717, 1.165) is 11.1 Å². The van der Waals surface area contributed by atoms with Crippen molar-refractivity contribution in [2.75, 3.05) is 0 Å². The van der Waals surface area contributed by atoms with E-state index in [1.165, 1.54) is 12.5 Å². The topological polar surface area (TPSA) is 58.9 Å². The number of benzene rings is 4. The van der Waals surface area contributed by atoms with Crippen LogP contribution in [0.4, 0.5) is 0 Å². The molecule has 0 heterocycles. The second-order valence-electron chi connectivity index (χ2n) is 8.65. The summed E-state index contributed by atoms with van der Waals surface area (Å²) >= 11 is 0. The second-order valence-corrected chi connectivity index (χ2v) is 8.65. The van der Waals surface area contributed by atoms with Gasteiger partial charge in [0.05, 0.1) is 0 Å². The molecular weight excluding hydrogens is 436 g/mol. The maximum atomic E-state index is 10.2. The molecule has 0 saturated heterocycles. The van der Waals surface area contributed by atoms with Crippen LogP contribution >= 0.6 is 0 Å². The van der Waals surface area contributed by atoms with Crippen LogP contribution in [0.3, 0.4) is 0 Å². The Balaban J connectivity index is 1.41. The van der Waals surface area contributed by atoms with Gasteiger partial charge in [-0.3, -0.25) is 0 Å². The number of ether oxygens (including phenoxy) is 2. The van der Waals surface area contributed by atoms with Crippen LogP contribution in [0.2, 0.25) is 0 Å². The van der Waals surface area contributed by atoms with E-state index in [9.17, 15) is 10.2 Å². The van der Waals surface area contributed by atoms with E-state index < -0.39 is 0 Å². The Morgan fingerprint density at radius 3 is 1.23 bits per heavy atom. The highest BCUT2D eigenvalue weighted by molar-refractivity contribution is 5.58. The minimum atomic E-state index is -0.249. The number of aliphatic hydroxyl groups excluding tert-OH is 2. The first-order valence-electron chi connectivity index (χ1n) is 11.4. The van der Waals surface area contributed by atoms with Crippen LogP contribution in [0.15, 0.2) is 122 Å². The average molecular weight is 465 g/mol. The first-order valence-corrected chi connectivity index (χ1v) is 11.4. The first kappa shape index (κ1) is 23.7. The third kappa shape index (κ3) is 5.92. The Morgan fingerprint density at radius 1 is 0.543 bits per heavy atom. The normalized spacial score (nSPS) is 12.3. The lowest BCUT2D eigenvalue weighted by Gasteiger charge is -2.26. The van der Waals surface area contributed by atoms with Gasteiger partial charge in [-0.2, -0.15) is 0 Å². The molecule has 0 saturated carbocycles. The van der Waals surface area contributed by atoms with E-state index in [-0.39, 0.29) is 16.9 Å². The molecule has 0 aliphatic carbocycles. The SMILES string of the molecule is CC(C)(c1ccc(OC=C(O)c2ccccc2)cc1)c1ccc(OC=C(O)c2ccccc2)cc1. The van der Waals surface area contributed by atoms with E-state index in [2.05, 4.69) is 13.8 Å². The van der Waals surface area contributed by atoms with E-state index in [0.29, 0.717) is 22.6 Å². The molecule has 0 aliphatic heterocycles. The predicted octanol–water partition coefficient (Wildman–Crippen LogP) is 7.88. The van der Waals surface area contributed by atoms with Crippen molar-refractivity contribution in [2.24, 2.45) is 0 Å². The summed E-state index contributed by atoms with van der Waals surface area (Å²) in [5, 5.41) is 20.3. The Hall–Kier alpha value is -4.44. The molecule has 0 aromatic heterocycles. The highest BCUT2D eigenvalue weighted by Crippen LogP contribution is 2.33. The van der Waals surface area contributed by atoms with Crippen LogP contribution in [-0.4, -0.2) is 10.2 Å². The van der Waals surface area contributed by atoms with E-state index in [1.54, 1.807) is 0 Å². The molecule has 0 aliphatic rings. The van der Waals surface area contributed by atoms with E-state index >= 15 is 0 Å². The molecule has 176 valence electrons. The second kappa shape index (κ2) is 10.7. The van der Waals surface area contributed by atoms with E-state index in [4.69, 9.17) is 9.47 Å². The molecule has 4 rings (SSSR count). The zero-order valence-corrected chi connectivity index (χ0v) is 19.8. The van der Waals surface area contributed by atoms with Crippen molar-refractivity contribution < 1.29 is 19.7 Å². The third-order valence-corrected chi connectivity index (χ3v) is 5.90. The highest BCUT2D eigenvalue weighted by Gasteiger charge is 2.23. The Kier molecular flexibility index (Phi) is 7.22. The maximum absolute atomic E-state index is 10.2. The van der Waals surface area contributed by atoms with Gasteiger partial charge in [0.15, 0.2) is 11.5 Å². The van der Waals surface area contributed by atoms with Crippen LogP contribution in [0.1, 0.15) is 36.1 Å². The van der Waals surface area contributed by atoms with Gasteiger partial charge in [0.1, 0.15) is 24.0 Å². The van der Waals surface area contributed by atoms with Crippen molar-refractivity contribution in [1.29, 1.82) is 0 Å². The molecule has 0 bridgehead atoms. The van der Waals surface area contributed by atoms with Crippen molar-refractivity contribution in [3.05, 3.63) is 144 Å². The summed E-state index contributed by atoms with van der Waals surface area (Å²) in [5.74, 6) is 1.43. The smallest absolute Gasteiger partial charge is 0.157 e. The molecule has 4 aromatic rings. The molecule has 4 nitrogen and oxygen atoms in total. The van der Waals surface area contributed by atoms with Gasteiger partial charge in [0.2, 0.25) is 0 Å². The molecule has 0 fully saturated rings. The summed E-state index contributed by atoms with van der Waals surface area (Å²) in [7, 11) is 0. The van der Waals surface area contributed by atoms with Gasteiger partial charge >= 0.3 is 0 Å². The predicted molar refractivity (Wildman–Crippen MR) is 140 cm³/mol. The lowest BCUT2D eigenvalue weighted by Crippen LogP contribution is -2.18. The van der Waals surface area contributed by atoms with Gasteiger partial charge < -0.3 is 19.7 Å². The third-order valence-electron chi connectivity index (χ3n) is 5.90. The number of rotatable bonds is 8. The number of aliphatic hydroxyl groups is 2. The summed E-state index contributed by atoms with van der Waals surface area (Å²) in [6.07, 6.45) is 2.69. The van der Waals surface area contributed by atoms with Crippen LogP contribution in [0, 0.1) is 0 Å². The molecule has 4 aromatic carbocycles. The fourth-order valence-corrected chi connectivity index (χ4v) is 3.67. The largest absolute Gasteiger partial charge is 0.504 e. The fraction of sp³-hybridized carbons (Fsp3) is 0.0968. The summed E-state index contributed by atoms with van der Waals surface area (Å²) < 4.78 is 11.3. The molecule has 35 heavy (non-hydrogen) atoms. The summed E-state index contributed by atoms with van der Waals surface area (Å²) in [4.78, 5) is 0. The van der Waals surface area contributed by atoms with Crippen LogP contribution in [0.5, 0.6) is 11.5 Å². The van der Waals surface area contributed by atoms with Crippen LogP contribution in [-0.2, 0) is 5.41 Å². The Bertz CT molecular complexity index is 1180. The number of hydrogen-bond donors (Lipinski definition) is 2. The molecular formula is C31H28O4.